The predicted molar refractivity (Wildman–Crippen MR) is 94.1 cm³/mol. The number of aryl methyl sites for hydroxylation is 1. The molecule has 24 heavy (non-hydrogen) atoms. The highest BCUT2D eigenvalue weighted by atomic mass is 32.1. The molecule has 0 saturated heterocycles. The van der Waals surface area contributed by atoms with Crippen molar-refractivity contribution in [1.29, 1.82) is 0 Å². The number of hydrogen-bond acceptors (Lipinski definition) is 6. The van der Waals surface area contributed by atoms with Crippen molar-refractivity contribution in [2.75, 3.05) is 13.2 Å². The first-order chi connectivity index (χ1) is 11.8. The van der Waals surface area contributed by atoms with Crippen molar-refractivity contribution in [3.8, 4) is 16.5 Å². The summed E-state index contributed by atoms with van der Waals surface area (Å²) >= 11 is 1.62. The Bertz CT molecular complexity index is 782. The standard InChI is InChI=1S/C18H20N2O3S/c1-13-6-7-17(23-13)18-20-12-15(24-18)11-19-10-14-4-2-3-5-16(14)22-9-8-21/h2-7,12,19,21H,8-11H2,1H3. The summed E-state index contributed by atoms with van der Waals surface area (Å²) in [4.78, 5) is 5.56. The number of rotatable bonds is 8. The monoisotopic (exact) mass is 344 g/mol. The normalized spacial score (nSPS) is 10.9. The van der Waals surface area contributed by atoms with Crippen LogP contribution in [0, 0.1) is 6.92 Å². The van der Waals surface area contributed by atoms with Gasteiger partial charge in [0.25, 0.3) is 0 Å². The molecule has 0 fully saturated rings. The van der Waals surface area contributed by atoms with Crippen molar-refractivity contribution in [3.63, 3.8) is 0 Å². The lowest BCUT2D eigenvalue weighted by atomic mass is 10.2. The van der Waals surface area contributed by atoms with Gasteiger partial charge in [-0.1, -0.05) is 18.2 Å². The molecule has 6 heteroatoms. The highest BCUT2D eigenvalue weighted by Crippen LogP contribution is 2.26. The van der Waals surface area contributed by atoms with E-state index in [4.69, 9.17) is 14.3 Å². The van der Waals surface area contributed by atoms with Gasteiger partial charge in [-0.05, 0) is 25.1 Å². The maximum absolute atomic E-state index is 8.89. The van der Waals surface area contributed by atoms with Gasteiger partial charge in [-0.25, -0.2) is 4.98 Å². The zero-order valence-electron chi connectivity index (χ0n) is 13.5. The summed E-state index contributed by atoms with van der Waals surface area (Å²) in [5, 5.41) is 13.2. The molecule has 0 amide bonds. The van der Waals surface area contributed by atoms with Crippen molar-refractivity contribution in [2.45, 2.75) is 20.0 Å². The molecule has 0 atom stereocenters. The molecular formula is C18H20N2O3S. The molecule has 0 aliphatic heterocycles. The number of aliphatic hydroxyl groups is 1. The van der Waals surface area contributed by atoms with E-state index in [-0.39, 0.29) is 6.61 Å². The van der Waals surface area contributed by atoms with Crippen LogP contribution in [0.4, 0.5) is 0 Å². The number of furan rings is 1. The second-order valence-corrected chi connectivity index (χ2v) is 6.44. The third-order valence-electron chi connectivity index (χ3n) is 3.44. The highest BCUT2D eigenvalue weighted by Gasteiger charge is 2.08. The van der Waals surface area contributed by atoms with Gasteiger partial charge in [0.1, 0.15) is 18.1 Å². The second-order valence-electron chi connectivity index (χ2n) is 5.33. The van der Waals surface area contributed by atoms with E-state index in [9.17, 15) is 0 Å². The Labute approximate surface area is 144 Å². The Balaban J connectivity index is 1.56. The van der Waals surface area contributed by atoms with Crippen molar-refractivity contribution in [2.24, 2.45) is 0 Å². The SMILES string of the molecule is Cc1ccc(-c2ncc(CNCc3ccccc3OCCO)s2)o1. The molecule has 2 heterocycles. The van der Waals surface area contributed by atoms with Gasteiger partial charge >= 0.3 is 0 Å². The number of nitrogens with zero attached hydrogens (tertiary/aromatic N) is 1. The number of aliphatic hydroxyl groups excluding tert-OH is 1. The van der Waals surface area contributed by atoms with Crippen LogP contribution in [0.3, 0.4) is 0 Å². The summed E-state index contributed by atoms with van der Waals surface area (Å²) in [5.41, 5.74) is 1.07. The molecular weight excluding hydrogens is 324 g/mol. The number of thiazole rings is 1. The maximum Gasteiger partial charge on any atom is 0.162 e. The third kappa shape index (κ3) is 4.23. The summed E-state index contributed by atoms with van der Waals surface area (Å²) < 4.78 is 11.1. The first-order valence-electron chi connectivity index (χ1n) is 7.80. The largest absolute Gasteiger partial charge is 0.491 e. The maximum atomic E-state index is 8.89. The van der Waals surface area contributed by atoms with E-state index in [1.165, 1.54) is 0 Å². The van der Waals surface area contributed by atoms with Crippen molar-refractivity contribution in [3.05, 3.63) is 58.8 Å². The molecule has 0 radical (unpaired) electrons. The van der Waals surface area contributed by atoms with Gasteiger partial charge in [0, 0.05) is 29.7 Å². The molecule has 1 aromatic carbocycles. The lowest BCUT2D eigenvalue weighted by molar-refractivity contribution is 0.200. The molecule has 0 bridgehead atoms. The third-order valence-corrected chi connectivity index (χ3v) is 4.45. The molecule has 3 aromatic rings. The van der Waals surface area contributed by atoms with E-state index in [1.807, 2.05) is 49.5 Å². The summed E-state index contributed by atoms with van der Waals surface area (Å²) in [6, 6.07) is 11.7. The first kappa shape index (κ1) is 16.7. The Morgan fingerprint density at radius 1 is 1.21 bits per heavy atom. The molecule has 2 N–H and O–H groups in total. The van der Waals surface area contributed by atoms with Crippen LogP contribution in [0.5, 0.6) is 5.75 Å². The van der Waals surface area contributed by atoms with Crippen LogP contribution in [0.15, 0.2) is 47.0 Å². The Kier molecular flexibility index (Phi) is 5.63. The predicted octanol–water partition coefficient (Wildman–Crippen LogP) is 3.37. The van der Waals surface area contributed by atoms with E-state index in [2.05, 4.69) is 10.3 Å². The van der Waals surface area contributed by atoms with Crippen LogP contribution in [0.2, 0.25) is 0 Å². The van der Waals surface area contributed by atoms with Crippen LogP contribution in [-0.4, -0.2) is 23.3 Å². The minimum Gasteiger partial charge on any atom is -0.491 e. The number of ether oxygens (including phenoxy) is 1. The minimum atomic E-state index is 0.0116. The second kappa shape index (κ2) is 8.10. The molecule has 0 spiro atoms. The fourth-order valence-corrected chi connectivity index (χ4v) is 3.16. The van der Waals surface area contributed by atoms with Gasteiger partial charge in [-0.2, -0.15) is 0 Å². The molecule has 0 saturated carbocycles. The van der Waals surface area contributed by atoms with Crippen LogP contribution >= 0.6 is 11.3 Å². The van der Waals surface area contributed by atoms with Gasteiger partial charge in [-0.15, -0.1) is 11.3 Å². The lowest BCUT2D eigenvalue weighted by Gasteiger charge is -2.10. The molecule has 0 unspecified atom stereocenters. The van der Waals surface area contributed by atoms with E-state index < -0.39 is 0 Å². The van der Waals surface area contributed by atoms with E-state index in [0.29, 0.717) is 13.2 Å². The average molecular weight is 344 g/mol. The van der Waals surface area contributed by atoms with Crippen molar-refractivity contribution >= 4 is 11.3 Å². The van der Waals surface area contributed by atoms with Crippen LogP contribution < -0.4 is 10.1 Å². The number of hydrogen-bond donors (Lipinski definition) is 2. The summed E-state index contributed by atoms with van der Waals surface area (Å²) in [6.45, 7) is 3.66. The topological polar surface area (TPSA) is 67.5 Å². The molecule has 5 nitrogen and oxygen atoms in total. The molecule has 0 aliphatic rings. The number of nitrogens with one attached hydrogen (secondary N) is 1. The van der Waals surface area contributed by atoms with Gasteiger partial charge in [0.2, 0.25) is 0 Å². The van der Waals surface area contributed by atoms with Gasteiger partial charge in [0.15, 0.2) is 10.8 Å². The smallest absolute Gasteiger partial charge is 0.162 e. The van der Waals surface area contributed by atoms with Crippen molar-refractivity contribution < 1.29 is 14.3 Å². The van der Waals surface area contributed by atoms with E-state index in [0.717, 1.165) is 39.3 Å². The molecule has 3 rings (SSSR count). The summed E-state index contributed by atoms with van der Waals surface area (Å²) in [6.07, 6.45) is 1.87. The van der Waals surface area contributed by atoms with Gasteiger partial charge < -0.3 is 19.6 Å². The Morgan fingerprint density at radius 3 is 2.88 bits per heavy atom. The zero-order valence-corrected chi connectivity index (χ0v) is 14.3. The Hall–Kier alpha value is -2.15. The first-order valence-corrected chi connectivity index (χ1v) is 8.61. The minimum absolute atomic E-state index is 0.0116. The quantitative estimate of drug-likeness (QED) is 0.656. The van der Waals surface area contributed by atoms with E-state index >= 15 is 0 Å². The van der Waals surface area contributed by atoms with Crippen LogP contribution in [-0.2, 0) is 13.1 Å². The molecule has 126 valence electrons. The molecule has 2 aromatic heterocycles. The number of benzene rings is 1. The zero-order chi connectivity index (χ0) is 16.8. The van der Waals surface area contributed by atoms with Gasteiger partial charge in [-0.3, -0.25) is 0 Å². The lowest BCUT2D eigenvalue weighted by Crippen LogP contribution is -2.13. The molecule has 0 aliphatic carbocycles. The van der Waals surface area contributed by atoms with Crippen LogP contribution in [0.1, 0.15) is 16.2 Å². The van der Waals surface area contributed by atoms with E-state index in [1.54, 1.807) is 11.3 Å². The number of aromatic nitrogens is 1. The Morgan fingerprint density at radius 2 is 2.08 bits per heavy atom. The fraction of sp³-hybridized carbons (Fsp3) is 0.278. The number of para-hydroxylation sites is 1. The van der Waals surface area contributed by atoms with Crippen LogP contribution in [0.25, 0.3) is 10.8 Å². The summed E-state index contributed by atoms with van der Waals surface area (Å²) in [7, 11) is 0. The highest BCUT2D eigenvalue weighted by molar-refractivity contribution is 7.14. The fourth-order valence-electron chi connectivity index (χ4n) is 2.32. The van der Waals surface area contributed by atoms with Gasteiger partial charge in [0.05, 0.1) is 6.61 Å². The summed E-state index contributed by atoms with van der Waals surface area (Å²) in [5.74, 6) is 2.50. The average Bonchev–Trinajstić information content (AvgIpc) is 3.23. The van der Waals surface area contributed by atoms with Crippen molar-refractivity contribution in [1.82, 2.24) is 10.3 Å².